The predicted octanol–water partition coefficient (Wildman–Crippen LogP) is 6.13. The van der Waals surface area contributed by atoms with Crippen molar-refractivity contribution in [2.75, 3.05) is 13.2 Å². The van der Waals surface area contributed by atoms with Crippen molar-refractivity contribution in [3.8, 4) is 0 Å². The molecule has 0 amide bonds. The summed E-state index contributed by atoms with van der Waals surface area (Å²) < 4.78 is 26.2. The zero-order valence-electron chi connectivity index (χ0n) is 26.0. The average Bonchev–Trinajstić information content (AvgIpc) is 3.06. The van der Waals surface area contributed by atoms with Gasteiger partial charge in [0.05, 0.1) is 32.5 Å². The fourth-order valence-electron chi connectivity index (χ4n) is 6.08. The molecule has 1 fully saturated rings. The molecule has 0 radical (unpaired) electrons. The average molecular weight is 624 g/mol. The van der Waals surface area contributed by atoms with Gasteiger partial charge in [-0.05, 0) is 32.1 Å². The molecule has 0 bridgehead atoms. The van der Waals surface area contributed by atoms with E-state index >= 15 is 0 Å². The summed E-state index contributed by atoms with van der Waals surface area (Å²) in [5, 5.41) is 18.3. The first-order valence-corrected chi connectivity index (χ1v) is 17.1. The van der Waals surface area contributed by atoms with Crippen molar-refractivity contribution in [2.24, 2.45) is 5.11 Å². The van der Waals surface area contributed by atoms with E-state index in [1.807, 2.05) is 97.1 Å². The van der Waals surface area contributed by atoms with Crippen LogP contribution in [0.3, 0.4) is 0 Å². The van der Waals surface area contributed by atoms with Crippen LogP contribution in [-0.4, -0.2) is 50.7 Å². The van der Waals surface area contributed by atoms with Crippen LogP contribution in [0, 0.1) is 0 Å². The number of azide groups is 1. The molecule has 1 saturated heterocycles. The molecule has 4 aromatic rings. The van der Waals surface area contributed by atoms with Crippen LogP contribution >= 0.6 is 0 Å². The Labute approximate surface area is 266 Å². The minimum atomic E-state index is -3.04. The highest BCUT2D eigenvalue weighted by molar-refractivity contribution is 6.99. The minimum Gasteiger partial charge on any atom is -0.402 e. The molecule has 9 heteroatoms. The Balaban J connectivity index is 1.53. The number of hydrogen-bond acceptors (Lipinski definition) is 6. The Bertz CT molecular complexity index is 1490. The summed E-state index contributed by atoms with van der Waals surface area (Å²) in [5.74, 6) is -1.91. The lowest BCUT2D eigenvalue weighted by molar-refractivity contribution is -0.330. The second-order valence-corrected chi connectivity index (χ2v) is 16.7. The highest BCUT2D eigenvalue weighted by Gasteiger charge is 2.56. The van der Waals surface area contributed by atoms with Crippen LogP contribution in [0.4, 0.5) is 0 Å². The molecule has 4 atom stereocenters. The number of ether oxygens (including phenoxy) is 3. The molecule has 0 saturated carbocycles. The van der Waals surface area contributed by atoms with Crippen LogP contribution in [0.25, 0.3) is 10.4 Å². The third kappa shape index (κ3) is 7.38. The SMILES string of the molecule is CC(C)(C)[Si](OC[C@@]1(O)OC[C@@H](N=[N+]=[N-])[C@@H](OCc2ccccc2)[C@@H]1OCc1ccccc1)(c1ccccc1)c1ccccc1. The van der Waals surface area contributed by atoms with Gasteiger partial charge in [-0.3, -0.25) is 0 Å². The van der Waals surface area contributed by atoms with Gasteiger partial charge in [-0.2, -0.15) is 0 Å². The molecule has 1 aliphatic heterocycles. The smallest absolute Gasteiger partial charge is 0.261 e. The lowest BCUT2D eigenvalue weighted by Crippen LogP contribution is -2.70. The molecule has 5 rings (SSSR count). The Morgan fingerprint density at radius 3 is 1.73 bits per heavy atom. The third-order valence-corrected chi connectivity index (χ3v) is 13.3. The largest absolute Gasteiger partial charge is 0.402 e. The molecule has 0 aromatic heterocycles. The predicted molar refractivity (Wildman–Crippen MR) is 177 cm³/mol. The van der Waals surface area contributed by atoms with Crippen molar-refractivity contribution in [2.45, 2.75) is 63.1 Å². The van der Waals surface area contributed by atoms with Gasteiger partial charge in [-0.25, -0.2) is 0 Å². The summed E-state index contributed by atoms with van der Waals surface area (Å²) in [4.78, 5) is 3.07. The maximum Gasteiger partial charge on any atom is 0.261 e. The number of rotatable bonds is 12. The highest BCUT2D eigenvalue weighted by atomic mass is 28.4. The Morgan fingerprint density at radius 1 is 0.800 bits per heavy atom. The lowest BCUT2D eigenvalue weighted by atomic mass is 9.95. The molecule has 4 aromatic carbocycles. The molecular formula is C36H41N3O5Si. The molecular weight excluding hydrogens is 582 g/mol. The van der Waals surface area contributed by atoms with Gasteiger partial charge in [0.2, 0.25) is 5.79 Å². The minimum absolute atomic E-state index is 0.0602. The summed E-state index contributed by atoms with van der Waals surface area (Å²) >= 11 is 0. The van der Waals surface area contributed by atoms with Crippen molar-refractivity contribution in [3.63, 3.8) is 0 Å². The summed E-state index contributed by atoms with van der Waals surface area (Å²) in [6.07, 6.45) is -1.85. The first-order valence-electron chi connectivity index (χ1n) is 15.2. The normalized spacial score (nSPS) is 22.0. The van der Waals surface area contributed by atoms with Gasteiger partial charge in [0.15, 0.2) is 0 Å². The van der Waals surface area contributed by atoms with Gasteiger partial charge < -0.3 is 23.7 Å². The molecule has 8 nitrogen and oxygen atoms in total. The Hall–Kier alpha value is -3.79. The summed E-state index contributed by atoms with van der Waals surface area (Å²) in [5.41, 5.74) is 11.3. The van der Waals surface area contributed by atoms with E-state index in [0.717, 1.165) is 21.5 Å². The standard InChI is InChI=1S/C36H41N3O5Si/c1-35(2,3)45(30-20-12-6-13-21-30,31-22-14-7-15-23-31)44-27-36(40)34(42-25-29-18-10-5-11-19-29)33(32(26-43-36)38-39-37)41-24-28-16-8-4-9-17-28/h4-23,32-34,40H,24-27H2,1-3H3/t32-,33-,34+,36-/m1/s1. The van der Waals surface area contributed by atoms with Crippen LogP contribution in [0.15, 0.2) is 126 Å². The van der Waals surface area contributed by atoms with Crippen molar-refractivity contribution < 1.29 is 23.7 Å². The zero-order chi connectivity index (χ0) is 31.8. The maximum atomic E-state index is 12.4. The molecule has 0 aliphatic carbocycles. The summed E-state index contributed by atoms with van der Waals surface area (Å²) in [6.45, 7) is 6.71. The molecule has 1 N–H and O–H groups in total. The first-order chi connectivity index (χ1) is 21.8. The Morgan fingerprint density at radius 2 is 1.27 bits per heavy atom. The third-order valence-electron chi connectivity index (χ3n) is 8.30. The molecule has 1 heterocycles. The van der Waals surface area contributed by atoms with Crippen molar-refractivity contribution >= 4 is 18.7 Å². The van der Waals surface area contributed by atoms with Gasteiger partial charge in [-0.1, -0.05) is 147 Å². The highest BCUT2D eigenvalue weighted by Crippen LogP contribution is 2.39. The first kappa shape index (κ1) is 32.6. The van der Waals surface area contributed by atoms with Crippen LogP contribution in [0.2, 0.25) is 5.04 Å². The van der Waals surface area contributed by atoms with Gasteiger partial charge in [0.25, 0.3) is 8.32 Å². The van der Waals surface area contributed by atoms with E-state index < -0.39 is 32.4 Å². The van der Waals surface area contributed by atoms with Crippen molar-refractivity contribution in [1.82, 2.24) is 0 Å². The Kier molecular flexibility index (Phi) is 10.5. The van der Waals surface area contributed by atoms with Gasteiger partial charge in [-0.15, -0.1) is 0 Å². The van der Waals surface area contributed by atoms with Crippen LogP contribution in [0.5, 0.6) is 0 Å². The molecule has 0 unspecified atom stereocenters. The molecule has 1 aliphatic rings. The number of hydrogen-bond donors (Lipinski definition) is 1. The summed E-state index contributed by atoms with van der Waals surface area (Å²) in [7, 11) is -3.04. The molecule has 45 heavy (non-hydrogen) atoms. The topological polar surface area (TPSA) is 106 Å². The van der Waals surface area contributed by atoms with Crippen LogP contribution in [0.1, 0.15) is 31.9 Å². The lowest BCUT2D eigenvalue weighted by Gasteiger charge is -2.49. The zero-order valence-corrected chi connectivity index (χ0v) is 27.0. The van der Waals surface area contributed by atoms with E-state index in [1.165, 1.54) is 0 Å². The monoisotopic (exact) mass is 623 g/mol. The van der Waals surface area contributed by atoms with Crippen molar-refractivity contribution in [3.05, 3.63) is 143 Å². The fourth-order valence-corrected chi connectivity index (χ4v) is 10.7. The fraction of sp³-hybridized carbons (Fsp3) is 0.333. The van der Waals surface area contributed by atoms with Crippen molar-refractivity contribution in [1.29, 1.82) is 0 Å². The van der Waals surface area contributed by atoms with Crippen LogP contribution in [-0.2, 0) is 31.9 Å². The number of nitrogens with zero attached hydrogens (tertiary/aromatic N) is 3. The number of aliphatic hydroxyl groups is 1. The van der Waals surface area contributed by atoms with E-state index in [0.29, 0.717) is 0 Å². The van der Waals surface area contributed by atoms with Crippen LogP contribution < -0.4 is 10.4 Å². The quantitative estimate of drug-likeness (QED) is 0.0885. The van der Waals surface area contributed by atoms with E-state index in [-0.39, 0.29) is 31.5 Å². The molecule has 234 valence electrons. The van der Waals surface area contributed by atoms with E-state index in [4.69, 9.17) is 18.6 Å². The van der Waals surface area contributed by atoms with Gasteiger partial charge in [0, 0.05) is 4.91 Å². The van der Waals surface area contributed by atoms with E-state index in [9.17, 15) is 10.6 Å². The van der Waals surface area contributed by atoms with E-state index in [1.54, 1.807) is 0 Å². The maximum absolute atomic E-state index is 12.4. The number of benzene rings is 4. The van der Waals surface area contributed by atoms with Gasteiger partial charge in [0.1, 0.15) is 12.2 Å². The summed E-state index contributed by atoms with van der Waals surface area (Å²) in [6, 6.07) is 39.2. The second kappa shape index (κ2) is 14.5. The van der Waals surface area contributed by atoms with E-state index in [2.05, 4.69) is 55.1 Å². The molecule has 0 spiro atoms. The second-order valence-electron chi connectivity index (χ2n) is 12.4. The van der Waals surface area contributed by atoms with Gasteiger partial charge >= 0.3 is 0 Å².